The van der Waals surface area contributed by atoms with Crippen molar-refractivity contribution in [2.24, 2.45) is 0 Å². The van der Waals surface area contributed by atoms with Crippen molar-refractivity contribution in [1.29, 1.82) is 0 Å². The maximum atomic E-state index is 13.0. The molecule has 0 aliphatic heterocycles. The van der Waals surface area contributed by atoms with Gasteiger partial charge in [-0.1, -0.05) is 71.8 Å². The van der Waals surface area contributed by atoms with Crippen LogP contribution in [0, 0.1) is 13.8 Å². The molecule has 0 fully saturated rings. The zero-order valence-electron chi connectivity index (χ0n) is 21.1. The molecule has 0 amide bonds. The van der Waals surface area contributed by atoms with Gasteiger partial charge in [-0.15, -0.1) is 0 Å². The summed E-state index contributed by atoms with van der Waals surface area (Å²) in [7, 11) is -3.83. The summed E-state index contributed by atoms with van der Waals surface area (Å²) in [6.45, 7) is 4.02. The Morgan fingerprint density at radius 3 is 2.29 bits per heavy atom. The molecule has 0 saturated carbocycles. The Balaban J connectivity index is 1.35. The summed E-state index contributed by atoms with van der Waals surface area (Å²) >= 11 is 6.49. The summed E-state index contributed by atoms with van der Waals surface area (Å²) in [6, 6.07) is 26.7. The van der Waals surface area contributed by atoms with E-state index in [2.05, 4.69) is 5.32 Å². The fourth-order valence-electron chi connectivity index (χ4n) is 3.83. The minimum absolute atomic E-state index is 0.0982. The molecule has 8 heteroatoms. The molecule has 1 N–H and O–H groups in total. The SMILES string of the molecule is Cc1ccc(S(=O)(=O)OCCOCc2ccccc2Nc2ccc(C(=O)c3ccccc3C)c(Cl)c2)cc1. The first kappa shape index (κ1) is 27.5. The van der Waals surface area contributed by atoms with E-state index in [-0.39, 0.29) is 30.5 Å². The molecule has 0 spiro atoms. The summed E-state index contributed by atoms with van der Waals surface area (Å²) in [5.74, 6) is -0.125. The molecule has 0 heterocycles. The topological polar surface area (TPSA) is 81.7 Å². The maximum Gasteiger partial charge on any atom is 0.297 e. The molecule has 0 saturated heterocycles. The van der Waals surface area contributed by atoms with Gasteiger partial charge in [0.05, 0.1) is 29.7 Å². The quantitative estimate of drug-likeness (QED) is 0.125. The molecule has 0 aromatic heterocycles. The first-order valence-corrected chi connectivity index (χ1v) is 13.8. The number of aryl methyl sites for hydroxylation is 2. The van der Waals surface area contributed by atoms with Gasteiger partial charge in [-0.05, 0) is 55.8 Å². The number of ketones is 1. The molecule has 6 nitrogen and oxygen atoms in total. The monoisotopic (exact) mass is 549 g/mol. The van der Waals surface area contributed by atoms with Crippen LogP contribution in [0.4, 0.5) is 11.4 Å². The van der Waals surface area contributed by atoms with E-state index in [1.807, 2.05) is 56.3 Å². The van der Waals surface area contributed by atoms with Crippen LogP contribution in [-0.4, -0.2) is 27.4 Å². The minimum Gasteiger partial charge on any atom is -0.374 e. The molecular formula is C30H28ClNO5S. The maximum absolute atomic E-state index is 13.0. The van der Waals surface area contributed by atoms with E-state index in [4.69, 9.17) is 20.5 Å². The number of ether oxygens (including phenoxy) is 1. The number of benzene rings is 4. The molecule has 0 atom stereocenters. The number of para-hydroxylation sites is 1. The van der Waals surface area contributed by atoms with Crippen LogP contribution in [0.2, 0.25) is 5.02 Å². The summed E-state index contributed by atoms with van der Waals surface area (Å²) < 4.78 is 35.4. The third-order valence-electron chi connectivity index (χ3n) is 5.93. The number of nitrogens with one attached hydrogen (secondary N) is 1. The number of anilines is 2. The van der Waals surface area contributed by atoms with Crippen LogP contribution in [0.15, 0.2) is 95.9 Å². The van der Waals surface area contributed by atoms with Gasteiger partial charge in [-0.25, -0.2) is 0 Å². The third-order valence-corrected chi connectivity index (χ3v) is 7.57. The van der Waals surface area contributed by atoms with E-state index in [9.17, 15) is 13.2 Å². The number of rotatable bonds is 11. The predicted octanol–water partition coefficient (Wildman–Crippen LogP) is 6.85. The lowest BCUT2D eigenvalue weighted by Crippen LogP contribution is -2.12. The van der Waals surface area contributed by atoms with Crippen LogP contribution < -0.4 is 5.32 Å². The Bertz CT molecular complexity index is 1530. The largest absolute Gasteiger partial charge is 0.374 e. The lowest BCUT2D eigenvalue weighted by atomic mass is 9.99. The zero-order chi connectivity index (χ0) is 27.1. The molecular weight excluding hydrogens is 522 g/mol. The van der Waals surface area contributed by atoms with Gasteiger partial charge in [0.1, 0.15) is 0 Å². The van der Waals surface area contributed by atoms with Crippen LogP contribution in [0.1, 0.15) is 32.6 Å². The van der Waals surface area contributed by atoms with Crippen molar-refractivity contribution in [3.8, 4) is 0 Å². The smallest absolute Gasteiger partial charge is 0.297 e. The second-order valence-corrected chi connectivity index (χ2v) is 10.8. The molecule has 4 aromatic carbocycles. The molecule has 0 radical (unpaired) electrons. The van der Waals surface area contributed by atoms with Crippen molar-refractivity contribution in [1.82, 2.24) is 0 Å². The van der Waals surface area contributed by atoms with Gasteiger partial charge in [0.15, 0.2) is 5.78 Å². The van der Waals surface area contributed by atoms with Crippen molar-refractivity contribution >= 4 is 38.9 Å². The van der Waals surface area contributed by atoms with E-state index in [1.165, 1.54) is 12.1 Å². The number of hydrogen-bond donors (Lipinski definition) is 1. The molecule has 0 aliphatic carbocycles. The lowest BCUT2D eigenvalue weighted by Gasteiger charge is -2.14. The fraction of sp³-hybridized carbons (Fsp3) is 0.167. The number of hydrogen-bond acceptors (Lipinski definition) is 6. The second-order valence-electron chi connectivity index (χ2n) is 8.76. The van der Waals surface area contributed by atoms with Gasteiger partial charge in [0.25, 0.3) is 10.1 Å². The van der Waals surface area contributed by atoms with Crippen LogP contribution >= 0.6 is 11.6 Å². The molecule has 4 aromatic rings. The zero-order valence-corrected chi connectivity index (χ0v) is 22.7. The summed E-state index contributed by atoms with van der Waals surface area (Å²) in [5.41, 5.74) is 5.30. The van der Waals surface area contributed by atoms with Crippen LogP contribution in [0.5, 0.6) is 0 Å². The van der Waals surface area contributed by atoms with Gasteiger partial charge in [-0.3, -0.25) is 8.98 Å². The van der Waals surface area contributed by atoms with Crippen LogP contribution in [0.3, 0.4) is 0 Å². The average molecular weight is 550 g/mol. The highest BCUT2D eigenvalue weighted by Crippen LogP contribution is 2.28. The Labute approximate surface area is 228 Å². The lowest BCUT2D eigenvalue weighted by molar-refractivity contribution is 0.0911. The van der Waals surface area contributed by atoms with Gasteiger partial charge < -0.3 is 10.1 Å². The van der Waals surface area contributed by atoms with Crippen molar-refractivity contribution in [3.05, 3.63) is 124 Å². The molecule has 0 bridgehead atoms. The second kappa shape index (κ2) is 12.4. The minimum atomic E-state index is -3.83. The average Bonchev–Trinajstić information content (AvgIpc) is 2.89. The molecule has 196 valence electrons. The molecule has 0 aliphatic rings. The number of carbonyl (C=O) groups is 1. The Morgan fingerprint density at radius 1 is 0.842 bits per heavy atom. The van der Waals surface area contributed by atoms with E-state index < -0.39 is 10.1 Å². The summed E-state index contributed by atoms with van der Waals surface area (Å²) in [4.78, 5) is 13.1. The number of carbonyl (C=O) groups excluding carboxylic acids is 1. The Kier molecular flexibility index (Phi) is 8.97. The summed E-state index contributed by atoms with van der Waals surface area (Å²) in [6.07, 6.45) is 0. The normalized spacial score (nSPS) is 11.3. The molecule has 0 unspecified atom stereocenters. The highest BCUT2D eigenvalue weighted by Gasteiger charge is 2.16. The van der Waals surface area contributed by atoms with Gasteiger partial charge >= 0.3 is 0 Å². The first-order valence-electron chi connectivity index (χ1n) is 12.0. The first-order chi connectivity index (χ1) is 18.2. The highest BCUT2D eigenvalue weighted by molar-refractivity contribution is 7.86. The third kappa shape index (κ3) is 6.88. The van der Waals surface area contributed by atoms with Crippen molar-refractivity contribution in [3.63, 3.8) is 0 Å². The molecule has 4 rings (SSSR count). The molecule has 38 heavy (non-hydrogen) atoms. The highest BCUT2D eigenvalue weighted by atomic mass is 35.5. The summed E-state index contributed by atoms with van der Waals surface area (Å²) in [5, 5.41) is 3.67. The van der Waals surface area contributed by atoms with Crippen molar-refractivity contribution in [2.45, 2.75) is 25.3 Å². The van der Waals surface area contributed by atoms with E-state index in [1.54, 1.807) is 36.4 Å². The van der Waals surface area contributed by atoms with Gasteiger partial charge in [0.2, 0.25) is 0 Å². The van der Waals surface area contributed by atoms with Crippen LogP contribution in [-0.2, 0) is 25.6 Å². The fourth-order valence-corrected chi connectivity index (χ4v) is 4.99. The van der Waals surface area contributed by atoms with Crippen LogP contribution in [0.25, 0.3) is 0 Å². The van der Waals surface area contributed by atoms with Crippen molar-refractivity contribution in [2.75, 3.05) is 18.5 Å². The predicted molar refractivity (Wildman–Crippen MR) is 150 cm³/mol. The van der Waals surface area contributed by atoms with Gasteiger partial charge in [-0.2, -0.15) is 8.42 Å². The standard InChI is InChI=1S/C30H28ClNO5S/c1-21-11-14-25(15-12-21)38(34,35)37-18-17-36-20-23-8-4-6-10-29(23)32-24-13-16-27(28(31)19-24)30(33)26-9-5-3-7-22(26)2/h3-16,19,32H,17-18,20H2,1-2H3. The van der Waals surface area contributed by atoms with E-state index in [0.29, 0.717) is 16.1 Å². The Hall–Kier alpha value is -3.49. The van der Waals surface area contributed by atoms with E-state index in [0.717, 1.165) is 28.1 Å². The number of halogens is 1. The van der Waals surface area contributed by atoms with Gasteiger partial charge in [0, 0.05) is 28.1 Å². The Morgan fingerprint density at radius 2 is 1.55 bits per heavy atom. The van der Waals surface area contributed by atoms with E-state index >= 15 is 0 Å². The van der Waals surface area contributed by atoms with Crippen molar-refractivity contribution < 1.29 is 22.1 Å².